The van der Waals surface area contributed by atoms with Gasteiger partial charge < -0.3 is 6.15 Å². The fraction of sp³-hybridized carbons (Fsp3) is 1.00. The molecule has 0 saturated heterocycles. The van der Waals surface area contributed by atoms with Gasteiger partial charge in [-0.3, -0.25) is 0 Å². The zero-order chi connectivity index (χ0) is 7.57. The van der Waals surface area contributed by atoms with Gasteiger partial charge in [0.15, 0.2) is 0 Å². The SMILES string of the molecule is C1CCC2(CC1)CCCCC2.N. The monoisotopic (exact) mass is 169 g/mol. The molecule has 1 heteroatoms. The molecule has 0 aliphatic heterocycles. The topological polar surface area (TPSA) is 35.0 Å². The van der Waals surface area contributed by atoms with E-state index in [4.69, 9.17) is 0 Å². The van der Waals surface area contributed by atoms with E-state index in [1.54, 1.807) is 25.7 Å². The molecule has 2 rings (SSSR count). The van der Waals surface area contributed by atoms with E-state index in [-0.39, 0.29) is 6.15 Å². The summed E-state index contributed by atoms with van der Waals surface area (Å²) in [5, 5.41) is 0. The van der Waals surface area contributed by atoms with Gasteiger partial charge in [-0.05, 0) is 31.1 Å². The van der Waals surface area contributed by atoms with Crippen molar-refractivity contribution < 1.29 is 0 Å². The van der Waals surface area contributed by atoms with E-state index < -0.39 is 0 Å². The molecule has 3 N–H and O–H groups in total. The molecular formula is C11H23N. The van der Waals surface area contributed by atoms with E-state index in [0.29, 0.717) is 0 Å². The summed E-state index contributed by atoms with van der Waals surface area (Å²) in [6.07, 6.45) is 15.4. The first-order valence-corrected chi connectivity index (χ1v) is 5.41. The maximum atomic E-state index is 1.56. The Labute approximate surface area is 76.5 Å². The summed E-state index contributed by atoms with van der Waals surface area (Å²) in [7, 11) is 0. The molecule has 1 nitrogen and oxygen atoms in total. The highest BCUT2D eigenvalue weighted by atomic mass is 14.4. The molecule has 1 spiro atoms. The largest absolute Gasteiger partial charge is 0.344 e. The molecule has 0 atom stereocenters. The maximum Gasteiger partial charge on any atom is -0.0297 e. The first-order chi connectivity index (χ1) is 5.41. The second-order valence-electron chi connectivity index (χ2n) is 4.62. The number of rotatable bonds is 0. The summed E-state index contributed by atoms with van der Waals surface area (Å²) in [4.78, 5) is 0. The third-order valence-electron chi connectivity index (χ3n) is 3.83. The van der Waals surface area contributed by atoms with Gasteiger partial charge in [-0.2, -0.15) is 0 Å². The van der Waals surface area contributed by atoms with Gasteiger partial charge in [0.05, 0.1) is 0 Å². The Kier molecular flexibility index (Phi) is 3.57. The second kappa shape index (κ2) is 4.27. The van der Waals surface area contributed by atoms with Gasteiger partial charge in [0.1, 0.15) is 0 Å². The van der Waals surface area contributed by atoms with E-state index in [9.17, 15) is 0 Å². The summed E-state index contributed by atoms with van der Waals surface area (Å²) >= 11 is 0. The summed E-state index contributed by atoms with van der Waals surface area (Å²) < 4.78 is 0. The number of hydrogen-bond acceptors (Lipinski definition) is 1. The Morgan fingerprint density at radius 1 is 0.500 bits per heavy atom. The lowest BCUT2D eigenvalue weighted by Crippen LogP contribution is -2.26. The van der Waals surface area contributed by atoms with Crippen LogP contribution in [0.3, 0.4) is 0 Å². The van der Waals surface area contributed by atoms with Crippen LogP contribution in [0.5, 0.6) is 0 Å². The summed E-state index contributed by atoms with van der Waals surface area (Å²) in [5.74, 6) is 0. The molecule has 0 aromatic heterocycles. The summed E-state index contributed by atoms with van der Waals surface area (Å²) in [6, 6.07) is 0. The van der Waals surface area contributed by atoms with Gasteiger partial charge in [-0.25, -0.2) is 0 Å². The predicted molar refractivity (Wildman–Crippen MR) is 53.6 cm³/mol. The standard InChI is InChI=1S/C11H20.H3N/c1-3-7-11(8-4-1)9-5-2-6-10-11;/h1-10H2;1H3. The quantitative estimate of drug-likeness (QED) is 0.583. The Balaban J connectivity index is 0.000000720. The highest BCUT2D eigenvalue weighted by Gasteiger charge is 2.32. The molecule has 0 unspecified atom stereocenters. The molecule has 0 radical (unpaired) electrons. The third kappa shape index (κ3) is 2.01. The van der Waals surface area contributed by atoms with Gasteiger partial charge in [0, 0.05) is 0 Å². The smallest absolute Gasteiger partial charge is 0.0297 e. The van der Waals surface area contributed by atoms with Crippen LogP contribution in [0.2, 0.25) is 0 Å². The van der Waals surface area contributed by atoms with Crippen molar-refractivity contribution in [3.8, 4) is 0 Å². The highest BCUT2D eigenvalue weighted by molar-refractivity contribution is 4.85. The van der Waals surface area contributed by atoms with Crippen LogP contribution in [0.1, 0.15) is 64.2 Å². The zero-order valence-electron chi connectivity index (χ0n) is 8.28. The van der Waals surface area contributed by atoms with E-state index in [1.165, 1.54) is 38.5 Å². The molecule has 2 aliphatic rings. The van der Waals surface area contributed by atoms with Crippen molar-refractivity contribution in [1.82, 2.24) is 6.15 Å². The predicted octanol–water partition coefficient (Wildman–Crippen LogP) is 4.06. The van der Waals surface area contributed by atoms with Crippen molar-refractivity contribution in [2.75, 3.05) is 0 Å². The molecule has 72 valence electrons. The Morgan fingerprint density at radius 3 is 1.17 bits per heavy atom. The van der Waals surface area contributed by atoms with Crippen LogP contribution >= 0.6 is 0 Å². The molecule has 0 amide bonds. The Morgan fingerprint density at radius 2 is 0.833 bits per heavy atom. The normalized spacial score (nSPS) is 28.0. The van der Waals surface area contributed by atoms with Crippen molar-refractivity contribution >= 4 is 0 Å². The van der Waals surface area contributed by atoms with Crippen molar-refractivity contribution in [1.29, 1.82) is 0 Å². The average molecular weight is 169 g/mol. The highest BCUT2D eigenvalue weighted by Crippen LogP contribution is 2.47. The van der Waals surface area contributed by atoms with Crippen molar-refractivity contribution in [3.05, 3.63) is 0 Å². The molecule has 0 bridgehead atoms. The lowest BCUT2D eigenvalue weighted by Gasteiger charge is -2.40. The molecule has 0 aromatic rings. The van der Waals surface area contributed by atoms with Gasteiger partial charge >= 0.3 is 0 Å². The van der Waals surface area contributed by atoms with Crippen LogP contribution in [0.4, 0.5) is 0 Å². The van der Waals surface area contributed by atoms with Gasteiger partial charge in [0.2, 0.25) is 0 Å². The molecule has 0 aromatic carbocycles. The average Bonchev–Trinajstić information content (AvgIpc) is 2.07. The minimum atomic E-state index is 0. The molecule has 2 aliphatic carbocycles. The van der Waals surface area contributed by atoms with Crippen LogP contribution in [0.25, 0.3) is 0 Å². The minimum Gasteiger partial charge on any atom is -0.344 e. The van der Waals surface area contributed by atoms with Gasteiger partial charge in [0.25, 0.3) is 0 Å². The van der Waals surface area contributed by atoms with Crippen molar-refractivity contribution in [2.24, 2.45) is 5.41 Å². The van der Waals surface area contributed by atoms with Crippen LogP contribution in [0.15, 0.2) is 0 Å². The van der Waals surface area contributed by atoms with Crippen LogP contribution in [-0.4, -0.2) is 0 Å². The first kappa shape index (κ1) is 10.0. The lowest BCUT2D eigenvalue weighted by molar-refractivity contribution is 0.124. The van der Waals surface area contributed by atoms with E-state index >= 15 is 0 Å². The maximum absolute atomic E-state index is 1.56. The van der Waals surface area contributed by atoms with Crippen molar-refractivity contribution in [2.45, 2.75) is 64.2 Å². The van der Waals surface area contributed by atoms with E-state index in [0.717, 1.165) is 5.41 Å². The van der Waals surface area contributed by atoms with Crippen molar-refractivity contribution in [3.63, 3.8) is 0 Å². The molecular weight excluding hydrogens is 146 g/mol. The summed E-state index contributed by atoms with van der Waals surface area (Å²) in [6.45, 7) is 0. The molecule has 2 fully saturated rings. The fourth-order valence-electron chi connectivity index (χ4n) is 3.10. The lowest BCUT2D eigenvalue weighted by atomic mass is 9.65. The van der Waals surface area contributed by atoms with Gasteiger partial charge in [-0.1, -0.05) is 38.5 Å². The van der Waals surface area contributed by atoms with Crippen LogP contribution in [0, 0.1) is 5.41 Å². The van der Waals surface area contributed by atoms with E-state index in [2.05, 4.69) is 0 Å². The molecule has 12 heavy (non-hydrogen) atoms. The Bertz CT molecular complexity index is 99.5. The third-order valence-corrected chi connectivity index (χ3v) is 3.83. The molecule has 0 heterocycles. The molecule has 2 saturated carbocycles. The minimum absolute atomic E-state index is 0. The van der Waals surface area contributed by atoms with Crippen LogP contribution in [-0.2, 0) is 0 Å². The zero-order valence-corrected chi connectivity index (χ0v) is 8.28. The number of hydrogen-bond donors (Lipinski definition) is 1. The van der Waals surface area contributed by atoms with Gasteiger partial charge in [-0.15, -0.1) is 0 Å². The Hall–Kier alpha value is -0.0400. The summed E-state index contributed by atoms with van der Waals surface area (Å²) in [5.41, 5.74) is 0.858. The van der Waals surface area contributed by atoms with Crippen LogP contribution < -0.4 is 6.15 Å². The second-order valence-corrected chi connectivity index (χ2v) is 4.62. The first-order valence-electron chi connectivity index (χ1n) is 5.41. The van der Waals surface area contributed by atoms with E-state index in [1.807, 2.05) is 0 Å². The fourth-order valence-corrected chi connectivity index (χ4v) is 3.10.